The van der Waals surface area contributed by atoms with Crippen LogP contribution in [-0.4, -0.2) is 10.9 Å². The van der Waals surface area contributed by atoms with Crippen molar-refractivity contribution in [3.63, 3.8) is 0 Å². The second kappa shape index (κ2) is 3.60. The predicted molar refractivity (Wildman–Crippen MR) is 52.2 cm³/mol. The van der Waals surface area contributed by atoms with Crippen LogP contribution in [0.25, 0.3) is 0 Å². The van der Waals surface area contributed by atoms with Gasteiger partial charge in [-0.05, 0) is 30.5 Å². The van der Waals surface area contributed by atoms with Gasteiger partial charge in [-0.1, -0.05) is 19.9 Å². The van der Waals surface area contributed by atoms with Gasteiger partial charge in [-0.15, -0.1) is 0 Å². The summed E-state index contributed by atoms with van der Waals surface area (Å²) < 4.78 is 0. The van der Waals surface area contributed by atoms with Gasteiger partial charge in [0.2, 0.25) is 0 Å². The SMILES string of the molecule is CC(=O)c1ccc(C(C)C)cc1O. The predicted octanol–water partition coefficient (Wildman–Crippen LogP) is 2.72. The highest BCUT2D eigenvalue weighted by Gasteiger charge is 2.07. The van der Waals surface area contributed by atoms with Gasteiger partial charge in [0.05, 0.1) is 5.56 Å². The minimum atomic E-state index is -0.104. The Morgan fingerprint density at radius 1 is 1.38 bits per heavy atom. The van der Waals surface area contributed by atoms with Crippen LogP contribution in [0.2, 0.25) is 0 Å². The number of carbonyl (C=O) groups excluding carboxylic acids is 1. The number of hydrogen-bond donors (Lipinski definition) is 1. The van der Waals surface area contributed by atoms with Crippen molar-refractivity contribution in [2.75, 3.05) is 0 Å². The summed E-state index contributed by atoms with van der Waals surface area (Å²) in [5.74, 6) is 0.346. The third-order valence-electron chi connectivity index (χ3n) is 2.07. The standard InChI is InChI=1S/C11H14O2/c1-7(2)9-4-5-10(8(3)12)11(13)6-9/h4-7,13H,1-3H3. The highest BCUT2D eigenvalue weighted by molar-refractivity contribution is 5.96. The molecule has 13 heavy (non-hydrogen) atoms. The van der Waals surface area contributed by atoms with Crippen LogP contribution < -0.4 is 0 Å². The summed E-state index contributed by atoms with van der Waals surface area (Å²) in [6, 6.07) is 5.20. The van der Waals surface area contributed by atoms with Gasteiger partial charge in [0, 0.05) is 0 Å². The second-order valence-corrected chi connectivity index (χ2v) is 3.49. The van der Waals surface area contributed by atoms with Crippen molar-refractivity contribution >= 4 is 5.78 Å². The Hall–Kier alpha value is -1.31. The lowest BCUT2D eigenvalue weighted by Crippen LogP contribution is -1.94. The van der Waals surface area contributed by atoms with Gasteiger partial charge in [0.25, 0.3) is 0 Å². The first-order chi connectivity index (χ1) is 6.02. The molecule has 0 aromatic heterocycles. The quantitative estimate of drug-likeness (QED) is 0.707. The molecule has 0 amide bonds. The molecule has 0 aliphatic rings. The molecule has 0 unspecified atom stereocenters. The van der Waals surface area contributed by atoms with Gasteiger partial charge in [0.15, 0.2) is 5.78 Å². The maximum atomic E-state index is 11.0. The van der Waals surface area contributed by atoms with Crippen LogP contribution >= 0.6 is 0 Å². The minimum Gasteiger partial charge on any atom is -0.507 e. The van der Waals surface area contributed by atoms with Gasteiger partial charge in [-0.25, -0.2) is 0 Å². The Morgan fingerprint density at radius 3 is 2.38 bits per heavy atom. The number of benzene rings is 1. The molecule has 0 heterocycles. The van der Waals surface area contributed by atoms with Crippen LogP contribution in [0.3, 0.4) is 0 Å². The summed E-state index contributed by atoms with van der Waals surface area (Å²) >= 11 is 0. The zero-order valence-electron chi connectivity index (χ0n) is 8.16. The van der Waals surface area contributed by atoms with E-state index in [4.69, 9.17) is 0 Å². The van der Waals surface area contributed by atoms with Crippen LogP contribution in [0.15, 0.2) is 18.2 Å². The van der Waals surface area contributed by atoms with Crippen LogP contribution in [0, 0.1) is 0 Å². The third-order valence-corrected chi connectivity index (χ3v) is 2.07. The average Bonchev–Trinajstić information content (AvgIpc) is 2.03. The molecule has 1 rings (SSSR count). The first kappa shape index (κ1) is 9.78. The number of phenols is 1. The Bertz CT molecular complexity index is 327. The minimum absolute atomic E-state index is 0.0821. The molecule has 1 aromatic rings. The number of carbonyl (C=O) groups is 1. The lowest BCUT2D eigenvalue weighted by atomic mass is 10.00. The van der Waals surface area contributed by atoms with E-state index in [0.29, 0.717) is 11.5 Å². The van der Waals surface area contributed by atoms with E-state index in [1.54, 1.807) is 12.1 Å². The van der Waals surface area contributed by atoms with E-state index in [1.165, 1.54) is 6.92 Å². The summed E-state index contributed by atoms with van der Waals surface area (Å²) in [5, 5.41) is 9.49. The maximum Gasteiger partial charge on any atom is 0.163 e. The van der Waals surface area contributed by atoms with Crippen molar-refractivity contribution < 1.29 is 9.90 Å². The van der Waals surface area contributed by atoms with Crippen LogP contribution in [-0.2, 0) is 0 Å². The summed E-state index contributed by atoms with van der Waals surface area (Å²) in [4.78, 5) is 11.0. The molecule has 2 nitrogen and oxygen atoms in total. The molecule has 0 saturated heterocycles. The van der Waals surface area contributed by atoms with Crippen molar-refractivity contribution in [1.82, 2.24) is 0 Å². The van der Waals surface area contributed by atoms with Gasteiger partial charge in [0.1, 0.15) is 5.75 Å². The maximum absolute atomic E-state index is 11.0. The summed E-state index contributed by atoms with van der Waals surface area (Å²) in [6.07, 6.45) is 0. The Morgan fingerprint density at radius 2 is 2.00 bits per heavy atom. The van der Waals surface area contributed by atoms with E-state index < -0.39 is 0 Å². The van der Waals surface area contributed by atoms with E-state index in [-0.39, 0.29) is 11.5 Å². The number of rotatable bonds is 2. The second-order valence-electron chi connectivity index (χ2n) is 3.49. The molecule has 0 aliphatic heterocycles. The fraction of sp³-hybridized carbons (Fsp3) is 0.364. The number of hydrogen-bond acceptors (Lipinski definition) is 2. The molecule has 0 atom stereocenters. The Kier molecular flexibility index (Phi) is 2.71. The van der Waals surface area contributed by atoms with Crippen molar-refractivity contribution in [3.8, 4) is 5.75 Å². The van der Waals surface area contributed by atoms with Gasteiger partial charge >= 0.3 is 0 Å². The number of ketones is 1. The van der Waals surface area contributed by atoms with E-state index >= 15 is 0 Å². The van der Waals surface area contributed by atoms with Crippen molar-refractivity contribution in [2.45, 2.75) is 26.7 Å². The molecule has 0 fully saturated rings. The highest BCUT2D eigenvalue weighted by Crippen LogP contribution is 2.23. The molecule has 0 bridgehead atoms. The first-order valence-corrected chi connectivity index (χ1v) is 4.36. The van der Waals surface area contributed by atoms with Crippen molar-refractivity contribution in [3.05, 3.63) is 29.3 Å². The molecule has 0 spiro atoms. The van der Waals surface area contributed by atoms with Crippen LogP contribution in [0.5, 0.6) is 5.75 Å². The molecule has 0 aliphatic carbocycles. The zero-order valence-corrected chi connectivity index (χ0v) is 8.16. The number of Topliss-reactive ketones (excluding diaryl/α,β-unsaturated/α-hetero) is 1. The number of aromatic hydroxyl groups is 1. The number of phenolic OH excluding ortho intramolecular Hbond substituents is 1. The van der Waals surface area contributed by atoms with Crippen molar-refractivity contribution in [1.29, 1.82) is 0 Å². The van der Waals surface area contributed by atoms with Crippen LogP contribution in [0.1, 0.15) is 42.6 Å². The lowest BCUT2D eigenvalue weighted by molar-refractivity contribution is 0.101. The summed E-state index contributed by atoms with van der Waals surface area (Å²) in [6.45, 7) is 5.54. The molecule has 1 N–H and O–H groups in total. The smallest absolute Gasteiger partial charge is 0.163 e. The van der Waals surface area contributed by atoms with E-state index in [2.05, 4.69) is 0 Å². The van der Waals surface area contributed by atoms with Crippen LogP contribution in [0.4, 0.5) is 0 Å². The average molecular weight is 178 g/mol. The van der Waals surface area contributed by atoms with E-state index in [0.717, 1.165) is 5.56 Å². The first-order valence-electron chi connectivity index (χ1n) is 4.36. The van der Waals surface area contributed by atoms with Crippen molar-refractivity contribution in [2.24, 2.45) is 0 Å². The largest absolute Gasteiger partial charge is 0.507 e. The lowest BCUT2D eigenvalue weighted by Gasteiger charge is -2.07. The topological polar surface area (TPSA) is 37.3 Å². The molecular weight excluding hydrogens is 164 g/mol. The fourth-order valence-corrected chi connectivity index (χ4v) is 1.21. The monoisotopic (exact) mass is 178 g/mol. The highest BCUT2D eigenvalue weighted by atomic mass is 16.3. The Labute approximate surface area is 78.2 Å². The van der Waals surface area contributed by atoms with Gasteiger partial charge in [-0.2, -0.15) is 0 Å². The van der Waals surface area contributed by atoms with Gasteiger partial charge in [-0.3, -0.25) is 4.79 Å². The zero-order chi connectivity index (χ0) is 10.0. The Balaban J connectivity index is 3.13. The summed E-state index contributed by atoms with van der Waals surface area (Å²) in [5.41, 5.74) is 1.44. The molecular formula is C11H14O2. The molecule has 1 aromatic carbocycles. The summed E-state index contributed by atoms with van der Waals surface area (Å²) in [7, 11) is 0. The van der Waals surface area contributed by atoms with E-state index in [1.807, 2.05) is 19.9 Å². The molecule has 70 valence electrons. The molecule has 2 heteroatoms. The molecule has 0 saturated carbocycles. The van der Waals surface area contributed by atoms with E-state index in [9.17, 15) is 9.90 Å². The normalized spacial score (nSPS) is 10.5. The van der Waals surface area contributed by atoms with Gasteiger partial charge < -0.3 is 5.11 Å². The third kappa shape index (κ3) is 2.08. The molecule has 0 radical (unpaired) electrons. The fourth-order valence-electron chi connectivity index (χ4n) is 1.21.